The highest BCUT2D eigenvalue weighted by Crippen LogP contribution is 2.28. The Bertz CT molecular complexity index is 510. The summed E-state index contributed by atoms with van der Waals surface area (Å²) in [7, 11) is 0. The van der Waals surface area contributed by atoms with Gasteiger partial charge in [0.05, 0.1) is 5.56 Å². The lowest BCUT2D eigenvalue weighted by atomic mass is 9.90. The Balaban J connectivity index is 2.21. The molecule has 1 amide bonds. The van der Waals surface area contributed by atoms with Crippen LogP contribution in [0.4, 0.5) is 0 Å². The predicted octanol–water partition coefficient (Wildman–Crippen LogP) is 2.80. The standard InChI is InChI=1S/C15H21NO4/c1-10-9-12(11(2)20-10)13(17)16-15(14(18)19)7-5-3-4-6-8-15/h9H,3-8H2,1-2H3,(H,16,17)(H,18,19). The third kappa shape index (κ3) is 2.86. The van der Waals surface area contributed by atoms with E-state index in [-0.39, 0.29) is 5.91 Å². The van der Waals surface area contributed by atoms with Crippen LogP contribution in [0.5, 0.6) is 0 Å². The van der Waals surface area contributed by atoms with Crippen molar-refractivity contribution in [2.45, 2.75) is 57.9 Å². The number of carbonyl (C=O) groups excluding carboxylic acids is 1. The van der Waals surface area contributed by atoms with Crippen LogP contribution >= 0.6 is 0 Å². The molecule has 1 aliphatic rings. The van der Waals surface area contributed by atoms with E-state index >= 15 is 0 Å². The summed E-state index contributed by atoms with van der Waals surface area (Å²) < 4.78 is 5.33. The Kier molecular flexibility index (Phi) is 4.16. The van der Waals surface area contributed by atoms with E-state index in [4.69, 9.17) is 4.42 Å². The maximum absolute atomic E-state index is 12.3. The maximum Gasteiger partial charge on any atom is 0.329 e. The van der Waals surface area contributed by atoms with Crippen molar-refractivity contribution in [1.82, 2.24) is 5.32 Å². The van der Waals surface area contributed by atoms with Crippen LogP contribution in [0.15, 0.2) is 10.5 Å². The molecule has 0 atom stereocenters. The number of carbonyl (C=O) groups is 2. The van der Waals surface area contributed by atoms with E-state index < -0.39 is 11.5 Å². The van der Waals surface area contributed by atoms with Crippen LogP contribution in [-0.4, -0.2) is 22.5 Å². The second-order valence-corrected chi connectivity index (χ2v) is 5.58. The molecule has 1 aromatic rings. The highest BCUT2D eigenvalue weighted by Gasteiger charge is 2.40. The number of rotatable bonds is 3. The summed E-state index contributed by atoms with van der Waals surface area (Å²) in [6, 6.07) is 1.65. The summed E-state index contributed by atoms with van der Waals surface area (Å²) in [5.41, 5.74) is -0.710. The van der Waals surface area contributed by atoms with Crippen LogP contribution in [0.1, 0.15) is 60.4 Å². The number of furan rings is 1. The average molecular weight is 279 g/mol. The molecule has 1 saturated carbocycles. The first kappa shape index (κ1) is 14.6. The van der Waals surface area contributed by atoms with Gasteiger partial charge in [-0.3, -0.25) is 4.79 Å². The van der Waals surface area contributed by atoms with Gasteiger partial charge >= 0.3 is 5.97 Å². The molecule has 1 aromatic heterocycles. The molecule has 0 aromatic carbocycles. The second kappa shape index (κ2) is 5.69. The van der Waals surface area contributed by atoms with E-state index in [0.29, 0.717) is 29.9 Å². The number of aryl methyl sites for hydroxylation is 2. The minimum absolute atomic E-state index is 0.358. The van der Waals surface area contributed by atoms with Crippen LogP contribution in [-0.2, 0) is 4.79 Å². The molecule has 1 fully saturated rings. The Hall–Kier alpha value is -1.78. The summed E-state index contributed by atoms with van der Waals surface area (Å²) in [4.78, 5) is 24.0. The fourth-order valence-electron chi connectivity index (χ4n) is 2.87. The van der Waals surface area contributed by atoms with Crippen molar-refractivity contribution in [2.24, 2.45) is 0 Å². The van der Waals surface area contributed by atoms with Gasteiger partial charge in [0.25, 0.3) is 5.91 Å². The molecular weight excluding hydrogens is 258 g/mol. The summed E-state index contributed by atoms with van der Waals surface area (Å²) in [6.07, 6.45) is 4.68. The fourth-order valence-corrected chi connectivity index (χ4v) is 2.87. The second-order valence-electron chi connectivity index (χ2n) is 5.58. The molecule has 1 aliphatic carbocycles. The van der Waals surface area contributed by atoms with Gasteiger partial charge in [0.2, 0.25) is 0 Å². The zero-order chi connectivity index (χ0) is 14.8. The van der Waals surface area contributed by atoms with E-state index in [1.165, 1.54) is 0 Å². The van der Waals surface area contributed by atoms with Gasteiger partial charge in [-0.25, -0.2) is 4.79 Å². The molecule has 2 rings (SSSR count). The minimum atomic E-state index is -1.13. The summed E-state index contributed by atoms with van der Waals surface area (Å²) >= 11 is 0. The topological polar surface area (TPSA) is 79.5 Å². The van der Waals surface area contributed by atoms with Gasteiger partial charge in [0.1, 0.15) is 17.1 Å². The monoisotopic (exact) mass is 279 g/mol. The van der Waals surface area contributed by atoms with Crippen LogP contribution in [0, 0.1) is 13.8 Å². The van der Waals surface area contributed by atoms with Crippen molar-refractivity contribution in [2.75, 3.05) is 0 Å². The minimum Gasteiger partial charge on any atom is -0.480 e. The maximum atomic E-state index is 12.3. The zero-order valence-corrected chi connectivity index (χ0v) is 12.0. The number of hydrogen-bond donors (Lipinski definition) is 2. The van der Waals surface area contributed by atoms with Crippen LogP contribution in [0.2, 0.25) is 0 Å². The number of hydrogen-bond acceptors (Lipinski definition) is 3. The first-order chi connectivity index (χ1) is 9.44. The van der Waals surface area contributed by atoms with E-state index in [1.54, 1.807) is 19.9 Å². The number of carboxylic acid groups (broad SMARTS) is 1. The van der Waals surface area contributed by atoms with Gasteiger partial charge in [0.15, 0.2) is 0 Å². The van der Waals surface area contributed by atoms with Gasteiger partial charge in [-0.1, -0.05) is 25.7 Å². The molecule has 1 heterocycles. The third-order valence-corrected chi connectivity index (χ3v) is 4.00. The molecule has 0 saturated heterocycles. The van der Waals surface area contributed by atoms with Gasteiger partial charge in [-0.2, -0.15) is 0 Å². The molecule has 2 N–H and O–H groups in total. The number of nitrogens with one attached hydrogen (secondary N) is 1. The van der Waals surface area contributed by atoms with Crippen molar-refractivity contribution in [3.8, 4) is 0 Å². The van der Waals surface area contributed by atoms with Crippen molar-refractivity contribution < 1.29 is 19.1 Å². The van der Waals surface area contributed by atoms with Crippen LogP contribution in [0.25, 0.3) is 0 Å². The van der Waals surface area contributed by atoms with Crippen LogP contribution < -0.4 is 5.32 Å². The van der Waals surface area contributed by atoms with Crippen molar-refractivity contribution in [3.05, 3.63) is 23.2 Å². The van der Waals surface area contributed by atoms with Crippen molar-refractivity contribution >= 4 is 11.9 Å². The van der Waals surface area contributed by atoms with Crippen LogP contribution in [0.3, 0.4) is 0 Å². The first-order valence-corrected chi connectivity index (χ1v) is 7.07. The quantitative estimate of drug-likeness (QED) is 0.834. The first-order valence-electron chi connectivity index (χ1n) is 7.07. The van der Waals surface area contributed by atoms with Gasteiger partial charge in [0, 0.05) is 0 Å². The summed E-state index contributed by atoms with van der Waals surface area (Å²) in [5, 5.41) is 12.3. The van der Waals surface area contributed by atoms with Crippen molar-refractivity contribution in [3.63, 3.8) is 0 Å². The lowest BCUT2D eigenvalue weighted by Gasteiger charge is -2.29. The van der Waals surface area contributed by atoms with E-state index in [0.717, 1.165) is 25.7 Å². The van der Waals surface area contributed by atoms with E-state index in [2.05, 4.69) is 5.32 Å². The zero-order valence-electron chi connectivity index (χ0n) is 12.0. The summed E-state index contributed by atoms with van der Waals surface area (Å²) in [6.45, 7) is 3.48. The van der Waals surface area contributed by atoms with Gasteiger partial charge in [-0.15, -0.1) is 0 Å². The molecule has 0 bridgehead atoms. The highest BCUT2D eigenvalue weighted by atomic mass is 16.4. The Morgan fingerprint density at radius 2 is 1.80 bits per heavy atom. The molecule has 0 spiro atoms. The third-order valence-electron chi connectivity index (χ3n) is 4.00. The van der Waals surface area contributed by atoms with E-state index in [1.807, 2.05) is 0 Å². The predicted molar refractivity (Wildman–Crippen MR) is 73.7 cm³/mol. The molecule has 0 unspecified atom stereocenters. The number of amides is 1. The summed E-state index contributed by atoms with van der Waals surface area (Å²) in [5.74, 6) is -0.124. The highest BCUT2D eigenvalue weighted by molar-refractivity contribution is 5.98. The number of carboxylic acids is 1. The van der Waals surface area contributed by atoms with Gasteiger partial charge in [-0.05, 0) is 32.8 Å². The Morgan fingerprint density at radius 3 is 2.25 bits per heavy atom. The lowest BCUT2D eigenvalue weighted by molar-refractivity contribution is -0.145. The number of aliphatic carboxylic acids is 1. The largest absolute Gasteiger partial charge is 0.480 e. The molecule has 5 nitrogen and oxygen atoms in total. The molecular formula is C15H21NO4. The van der Waals surface area contributed by atoms with Gasteiger partial charge < -0.3 is 14.8 Å². The fraction of sp³-hybridized carbons (Fsp3) is 0.600. The molecule has 0 aliphatic heterocycles. The average Bonchev–Trinajstić information content (AvgIpc) is 2.60. The van der Waals surface area contributed by atoms with Crippen molar-refractivity contribution in [1.29, 1.82) is 0 Å². The molecule has 110 valence electrons. The normalized spacial score (nSPS) is 18.3. The molecule has 20 heavy (non-hydrogen) atoms. The molecule has 0 radical (unpaired) electrons. The Labute approximate surface area is 118 Å². The Morgan fingerprint density at radius 1 is 1.20 bits per heavy atom. The lowest BCUT2D eigenvalue weighted by Crippen LogP contribution is -2.54. The SMILES string of the molecule is Cc1cc(C(=O)NC2(C(=O)O)CCCCCC2)c(C)o1. The van der Waals surface area contributed by atoms with E-state index in [9.17, 15) is 14.7 Å². The molecule has 5 heteroatoms. The smallest absolute Gasteiger partial charge is 0.329 e.